The van der Waals surface area contributed by atoms with Crippen LogP contribution in [0.1, 0.15) is 39.7 Å². The summed E-state index contributed by atoms with van der Waals surface area (Å²) in [5, 5.41) is 3.49. The minimum atomic E-state index is 0.471. The Balaban J connectivity index is 1.97. The quantitative estimate of drug-likeness (QED) is 0.789. The van der Waals surface area contributed by atoms with E-state index < -0.39 is 0 Å². The van der Waals surface area contributed by atoms with E-state index in [0.29, 0.717) is 12.1 Å². The minimum Gasteiger partial charge on any atom is -0.353 e. The van der Waals surface area contributed by atoms with Gasteiger partial charge < -0.3 is 14.8 Å². The van der Waals surface area contributed by atoms with Crippen LogP contribution >= 0.6 is 0 Å². The molecular weight excluding hydrogens is 212 g/mol. The van der Waals surface area contributed by atoms with E-state index in [2.05, 4.69) is 46.7 Å². The van der Waals surface area contributed by atoms with Gasteiger partial charge in [-0.1, -0.05) is 13.8 Å². The number of likely N-dealkylation sites (N-methyl/N-ethyl adjacent to an activating group) is 1. The number of nitrogens with one attached hydrogen (secondary N) is 1. The molecule has 0 saturated heterocycles. The lowest BCUT2D eigenvalue weighted by atomic mass is 10.3. The van der Waals surface area contributed by atoms with Crippen molar-refractivity contribution in [1.29, 1.82) is 0 Å². The summed E-state index contributed by atoms with van der Waals surface area (Å²) < 4.78 is 2.26. The van der Waals surface area contributed by atoms with Crippen LogP contribution in [-0.4, -0.2) is 40.1 Å². The van der Waals surface area contributed by atoms with Crippen LogP contribution in [0.25, 0.3) is 0 Å². The Morgan fingerprint density at radius 2 is 2.18 bits per heavy atom. The Morgan fingerprint density at radius 1 is 1.47 bits per heavy atom. The second-order valence-electron chi connectivity index (χ2n) is 4.91. The molecule has 4 heteroatoms. The zero-order valence-corrected chi connectivity index (χ0v) is 11.2. The summed E-state index contributed by atoms with van der Waals surface area (Å²) in [5.74, 6) is 1.03. The van der Waals surface area contributed by atoms with Gasteiger partial charge in [0.1, 0.15) is 0 Å². The van der Waals surface area contributed by atoms with Crippen molar-refractivity contribution in [3.63, 3.8) is 0 Å². The van der Waals surface area contributed by atoms with Gasteiger partial charge in [-0.25, -0.2) is 4.98 Å². The van der Waals surface area contributed by atoms with Gasteiger partial charge in [-0.3, -0.25) is 0 Å². The summed E-state index contributed by atoms with van der Waals surface area (Å²) >= 11 is 0. The van der Waals surface area contributed by atoms with E-state index in [4.69, 9.17) is 0 Å². The third-order valence-electron chi connectivity index (χ3n) is 3.47. The van der Waals surface area contributed by atoms with Crippen molar-refractivity contribution < 1.29 is 0 Å². The largest absolute Gasteiger partial charge is 0.353 e. The third-order valence-corrected chi connectivity index (χ3v) is 3.47. The van der Waals surface area contributed by atoms with Crippen LogP contribution < -0.4 is 5.32 Å². The fraction of sp³-hybridized carbons (Fsp3) is 0.769. The molecule has 4 nitrogen and oxygen atoms in total. The minimum absolute atomic E-state index is 0.471. The van der Waals surface area contributed by atoms with Gasteiger partial charge in [0, 0.05) is 31.0 Å². The van der Waals surface area contributed by atoms with Gasteiger partial charge >= 0.3 is 0 Å². The Morgan fingerprint density at radius 3 is 2.76 bits per heavy atom. The maximum absolute atomic E-state index is 4.41. The molecule has 1 aliphatic carbocycles. The highest BCUT2D eigenvalue weighted by Gasteiger charge is 2.23. The lowest BCUT2D eigenvalue weighted by molar-refractivity contribution is 0.262. The number of rotatable bonds is 7. The average Bonchev–Trinajstić information content (AvgIpc) is 3.02. The molecule has 0 amide bonds. The van der Waals surface area contributed by atoms with Crippen LogP contribution in [0.5, 0.6) is 0 Å². The van der Waals surface area contributed by atoms with Crippen LogP contribution in [0.2, 0.25) is 0 Å². The van der Waals surface area contributed by atoms with E-state index in [1.165, 1.54) is 12.8 Å². The summed E-state index contributed by atoms with van der Waals surface area (Å²) in [4.78, 5) is 6.86. The zero-order valence-electron chi connectivity index (χ0n) is 11.2. The van der Waals surface area contributed by atoms with Crippen LogP contribution in [0.4, 0.5) is 5.95 Å². The molecule has 96 valence electrons. The maximum Gasteiger partial charge on any atom is 0.203 e. The standard InChI is InChI=1S/C13H24N4/c1-4-16(5-2)10-11(3)17-9-8-14-13(17)15-12-6-7-12/h8-9,11-12H,4-7,10H2,1-3H3,(H,14,15). The number of anilines is 1. The maximum atomic E-state index is 4.41. The second-order valence-corrected chi connectivity index (χ2v) is 4.91. The summed E-state index contributed by atoms with van der Waals surface area (Å²) in [6.07, 6.45) is 6.55. The van der Waals surface area contributed by atoms with E-state index in [0.717, 1.165) is 25.6 Å². The molecule has 1 heterocycles. The highest BCUT2D eigenvalue weighted by Crippen LogP contribution is 2.25. The van der Waals surface area contributed by atoms with Crippen molar-refractivity contribution in [2.75, 3.05) is 25.0 Å². The number of hydrogen-bond acceptors (Lipinski definition) is 3. The number of hydrogen-bond donors (Lipinski definition) is 1. The van der Waals surface area contributed by atoms with Gasteiger partial charge in [-0.15, -0.1) is 0 Å². The molecule has 2 rings (SSSR count). The van der Waals surface area contributed by atoms with Crippen molar-refractivity contribution in [2.45, 2.75) is 45.7 Å². The van der Waals surface area contributed by atoms with Crippen molar-refractivity contribution in [1.82, 2.24) is 14.5 Å². The van der Waals surface area contributed by atoms with Crippen LogP contribution in [-0.2, 0) is 0 Å². The molecule has 0 aliphatic heterocycles. The summed E-state index contributed by atoms with van der Waals surface area (Å²) in [7, 11) is 0. The third kappa shape index (κ3) is 3.22. The van der Waals surface area contributed by atoms with E-state index in [-0.39, 0.29) is 0 Å². The molecule has 1 unspecified atom stereocenters. The van der Waals surface area contributed by atoms with Gasteiger partial charge in [-0.05, 0) is 32.9 Å². The number of aromatic nitrogens is 2. The van der Waals surface area contributed by atoms with Gasteiger partial charge in [0.25, 0.3) is 0 Å². The molecule has 0 spiro atoms. The van der Waals surface area contributed by atoms with Crippen LogP contribution in [0.3, 0.4) is 0 Å². The first-order valence-corrected chi connectivity index (χ1v) is 6.76. The zero-order chi connectivity index (χ0) is 12.3. The molecule has 1 aliphatic rings. The van der Waals surface area contributed by atoms with Crippen molar-refractivity contribution >= 4 is 5.95 Å². The first kappa shape index (κ1) is 12.4. The SMILES string of the molecule is CCN(CC)CC(C)n1ccnc1NC1CC1. The molecule has 0 radical (unpaired) electrons. The summed E-state index contributed by atoms with van der Waals surface area (Å²) in [6, 6.07) is 1.13. The molecule has 1 fully saturated rings. The van der Waals surface area contributed by atoms with Crippen LogP contribution in [0.15, 0.2) is 12.4 Å². The second kappa shape index (κ2) is 5.54. The molecule has 1 atom stereocenters. The Labute approximate surface area is 104 Å². The Hall–Kier alpha value is -1.03. The van der Waals surface area contributed by atoms with Gasteiger partial charge in [0.15, 0.2) is 0 Å². The van der Waals surface area contributed by atoms with E-state index in [1.807, 2.05) is 6.20 Å². The Bertz CT molecular complexity index is 339. The fourth-order valence-corrected chi connectivity index (χ4v) is 2.13. The first-order valence-electron chi connectivity index (χ1n) is 6.76. The predicted molar refractivity (Wildman–Crippen MR) is 71.4 cm³/mol. The monoisotopic (exact) mass is 236 g/mol. The molecular formula is C13H24N4. The lowest BCUT2D eigenvalue weighted by Gasteiger charge is -2.24. The number of imidazole rings is 1. The van der Waals surface area contributed by atoms with E-state index in [9.17, 15) is 0 Å². The van der Waals surface area contributed by atoms with E-state index in [1.54, 1.807) is 0 Å². The molecule has 1 N–H and O–H groups in total. The normalized spacial score (nSPS) is 17.4. The molecule has 1 aromatic heterocycles. The Kier molecular flexibility index (Phi) is 4.05. The summed E-state index contributed by atoms with van der Waals surface area (Å²) in [5.41, 5.74) is 0. The summed E-state index contributed by atoms with van der Waals surface area (Å²) in [6.45, 7) is 10.0. The van der Waals surface area contributed by atoms with Crippen molar-refractivity contribution in [3.05, 3.63) is 12.4 Å². The van der Waals surface area contributed by atoms with Gasteiger partial charge in [0.05, 0.1) is 0 Å². The average molecular weight is 236 g/mol. The van der Waals surface area contributed by atoms with E-state index >= 15 is 0 Å². The lowest BCUT2D eigenvalue weighted by Crippen LogP contribution is -2.30. The smallest absolute Gasteiger partial charge is 0.203 e. The first-order chi connectivity index (χ1) is 8.24. The fourth-order valence-electron chi connectivity index (χ4n) is 2.13. The molecule has 0 bridgehead atoms. The van der Waals surface area contributed by atoms with Gasteiger partial charge in [0.2, 0.25) is 5.95 Å². The topological polar surface area (TPSA) is 33.1 Å². The molecule has 0 aromatic carbocycles. The van der Waals surface area contributed by atoms with Crippen molar-refractivity contribution in [3.8, 4) is 0 Å². The van der Waals surface area contributed by atoms with Crippen LogP contribution in [0, 0.1) is 0 Å². The van der Waals surface area contributed by atoms with Crippen molar-refractivity contribution in [2.24, 2.45) is 0 Å². The number of nitrogens with zero attached hydrogens (tertiary/aromatic N) is 3. The highest BCUT2D eigenvalue weighted by molar-refractivity contribution is 5.30. The molecule has 17 heavy (non-hydrogen) atoms. The molecule has 1 saturated carbocycles. The highest BCUT2D eigenvalue weighted by atomic mass is 15.2. The predicted octanol–water partition coefficient (Wildman–Crippen LogP) is 2.36. The molecule has 1 aromatic rings. The van der Waals surface area contributed by atoms with Gasteiger partial charge in [-0.2, -0.15) is 0 Å².